The molecular formula is C19H28N4O3. The molecular weight excluding hydrogens is 332 g/mol. The predicted octanol–water partition coefficient (Wildman–Crippen LogP) is 0.251. The van der Waals surface area contributed by atoms with Crippen LogP contribution in [0.25, 0.3) is 0 Å². The summed E-state index contributed by atoms with van der Waals surface area (Å²) in [7, 11) is 4.01. The van der Waals surface area contributed by atoms with Crippen LogP contribution in [0.5, 0.6) is 0 Å². The van der Waals surface area contributed by atoms with Crippen LogP contribution in [-0.2, 0) is 16.1 Å². The summed E-state index contributed by atoms with van der Waals surface area (Å²) >= 11 is 0. The summed E-state index contributed by atoms with van der Waals surface area (Å²) in [5.74, 6) is 0.102. The number of carbonyl (C=O) groups excluding carboxylic acids is 2. The maximum absolute atomic E-state index is 13.0. The van der Waals surface area contributed by atoms with E-state index < -0.39 is 5.41 Å². The van der Waals surface area contributed by atoms with Crippen molar-refractivity contribution in [2.75, 3.05) is 46.8 Å². The van der Waals surface area contributed by atoms with Gasteiger partial charge in [0.15, 0.2) is 0 Å². The Hall–Kier alpha value is -2.15. The fourth-order valence-electron chi connectivity index (χ4n) is 3.99. The van der Waals surface area contributed by atoms with E-state index in [4.69, 9.17) is 0 Å². The molecule has 0 aliphatic carbocycles. The van der Waals surface area contributed by atoms with Gasteiger partial charge in [-0.15, -0.1) is 0 Å². The molecule has 0 N–H and O–H groups in total. The molecule has 1 aromatic rings. The largest absolute Gasteiger partial charge is 0.341 e. The third-order valence-electron chi connectivity index (χ3n) is 5.55. The average Bonchev–Trinajstić information content (AvgIpc) is 2.91. The summed E-state index contributed by atoms with van der Waals surface area (Å²) in [6, 6.07) is 4.86. The van der Waals surface area contributed by atoms with Crippen molar-refractivity contribution < 1.29 is 9.59 Å². The van der Waals surface area contributed by atoms with Crippen molar-refractivity contribution in [3.8, 4) is 0 Å². The maximum Gasteiger partial charge on any atom is 0.250 e. The monoisotopic (exact) mass is 360 g/mol. The highest BCUT2D eigenvalue weighted by Crippen LogP contribution is 2.40. The molecule has 0 saturated carbocycles. The molecule has 142 valence electrons. The number of likely N-dealkylation sites (tertiary alicyclic amines) is 2. The van der Waals surface area contributed by atoms with Crippen molar-refractivity contribution in [3.63, 3.8) is 0 Å². The number of rotatable bonds is 5. The number of amides is 2. The Bertz CT molecular complexity index is 729. The summed E-state index contributed by atoms with van der Waals surface area (Å²) in [6.45, 7) is 3.53. The van der Waals surface area contributed by atoms with Crippen LogP contribution in [0.4, 0.5) is 0 Å². The van der Waals surface area contributed by atoms with Crippen molar-refractivity contribution in [1.29, 1.82) is 0 Å². The van der Waals surface area contributed by atoms with Gasteiger partial charge in [-0.3, -0.25) is 14.4 Å². The number of piperidine rings is 1. The van der Waals surface area contributed by atoms with E-state index in [1.165, 1.54) is 10.6 Å². The Morgan fingerprint density at radius 1 is 1.19 bits per heavy atom. The lowest BCUT2D eigenvalue weighted by molar-refractivity contribution is -0.143. The van der Waals surface area contributed by atoms with E-state index in [0.717, 1.165) is 38.9 Å². The average molecular weight is 360 g/mol. The molecule has 2 amide bonds. The lowest BCUT2D eigenvalue weighted by Crippen LogP contribution is -2.51. The Balaban J connectivity index is 1.65. The van der Waals surface area contributed by atoms with Crippen LogP contribution in [0.1, 0.15) is 19.3 Å². The van der Waals surface area contributed by atoms with Gasteiger partial charge in [-0.1, -0.05) is 6.07 Å². The van der Waals surface area contributed by atoms with Gasteiger partial charge in [0.25, 0.3) is 5.56 Å². The van der Waals surface area contributed by atoms with Gasteiger partial charge in [0.1, 0.15) is 6.54 Å². The summed E-state index contributed by atoms with van der Waals surface area (Å²) in [6.07, 6.45) is 4.13. The Kier molecular flexibility index (Phi) is 5.46. The zero-order valence-corrected chi connectivity index (χ0v) is 15.7. The topological polar surface area (TPSA) is 65.9 Å². The second-order valence-corrected chi connectivity index (χ2v) is 7.71. The first-order chi connectivity index (χ1) is 12.4. The molecule has 1 atom stereocenters. The van der Waals surface area contributed by atoms with Gasteiger partial charge in [0, 0.05) is 45.0 Å². The second kappa shape index (κ2) is 7.61. The van der Waals surface area contributed by atoms with Gasteiger partial charge < -0.3 is 19.3 Å². The van der Waals surface area contributed by atoms with Crippen LogP contribution in [0.2, 0.25) is 0 Å². The molecule has 0 aromatic carbocycles. The minimum Gasteiger partial charge on any atom is -0.341 e. The minimum absolute atomic E-state index is 0.0360. The van der Waals surface area contributed by atoms with E-state index in [0.29, 0.717) is 13.1 Å². The Labute approximate surface area is 154 Å². The molecule has 2 aliphatic heterocycles. The zero-order chi connectivity index (χ0) is 18.7. The molecule has 7 heteroatoms. The third-order valence-corrected chi connectivity index (χ3v) is 5.55. The molecule has 0 radical (unpaired) electrons. The van der Waals surface area contributed by atoms with Crippen molar-refractivity contribution in [2.45, 2.75) is 25.8 Å². The maximum atomic E-state index is 13.0. The number of pyridine rings is 1. The molecule has 7 nitrogen and oxygen atoms in total. The van der Waals surface area contributed by atoms with Gasteiger partial charge in [-0.05, 0) is 39.4 Å². The normalized spacial score (nSPS) is 23.3. The van der Waals surface area contributed by atoms with Crippen molar-refractivity contribution in [2.24, 2.45) is 5.41 Å². The quantitative estimate of drug-likeness (QED) is 0.755. The smallest absolute Gasteiger partial charge is 0.250 e. The Morgan fingerprint density at radius 2 is 2.00 bits per heavy atom. The number of carbonyl (C=O) groups is 2. The molecule has 2 fully saturated rings. The Morgan fingerprint density at radius 3 is 2.73 bits per heavy atom. The lowest BCUT2D eigenvalue weighted by Gasteiger charge is -2.39. The third kappa shape index (κ3) is 3.82. The van der Waals surface area contributed by atoms with Crippen LogP contribution >= 0.6 is 0 Å². The fraction of sp³-hybridized carbons (Fsp3) is 0.632. The zero-order valence-electron chi connectivity index (χ0n) is 15.7. The van der Waals surface area contributed by atoms with E-state index in [-0.39, 0.29) is 23.9 Å². The SMILES string of the molecule is CN(C)CCN1CC[C@]2(CCCN(C(=O)Cn3ccccc3=O)C2)C1=O. The van der Waals surface area contributed by atoms with E-state index in [2.05, 4.69) is 4.90 Å². The lowest BCUT2D eigenvalue weighted by atomic mass is 9.78. The minimum atomic E-state index is -0.429. The van der Waals surface area contributed by atoms with Gasteiger partial charge in [-0.2, -0.15) is 0 Å². The first-order valence-electron chi connectivity index (χ1n) is 9.29. The summed E-state index contributed by atoms with van der Waals surface area (Å²) in [5, 5.41) is 0. The molecule has 1 spiro atoms. The molecule has 2 saturated heterocycles. The van der Waals surface area contributed by atoms with Crippen LogP contribution in [0, 0.1) is 5.41 Å². The molecule has 2 aliphatic rings. The number of hydrogen-bond acceptors (Lipinski definition) is 4. The van der Waals surface area contributed by atoms with Crippen molar-refractivity contribution >= 4 is 11.8 Å². The number of aromatic nitrogens is 1. The van der Waals surface area contributed by atoms with Crippen molar-refractivity contribution in [3.05, 3.63) is 34.7 Å². The van der Waals surface area contributed by atoms with Crippen molar-refractivity contribution in [1.82, 2.24) is 19.3 Å². The molecule has 26 heavy (non-hydrogen) atoms. The van der Waals surface area contributed by atoms with E-state index in [1.807, 2.05) is 19.0 Å². The van der Waals surface area contributed by atoms with Crippen LogP contribution in [0.15, 0.2) is 29.2 Å². The van der Waals surface area contributed by atoms with E-state index >= 15 is 0 Å². The molecule has 0 bridgehead atoms. The van der Waals surface area contributed by atoms with Gasteiger partial charge in [0.2, 0.25) is 11.8 Å². The van der Waals surface area contributed by atoms with Gasteiger partial charge in [-0.25, -0.2) is 0 Å². The predicted molar refractivity (Wildman–Crippen MR) is 98.7 cm³/mol. The first kappa shape index (κ1) is 18.6. The highest BCUT2D eigenvalue weighted by atomic mass is 16.2. The second-order valence-electron chi connectivity index (χ2n) is 7.71. The summed E-state index contributed by atoms with van der Waals surface area (Å²) < 4.78 is 1.42. The molecule has 1 aromatic heterocycles. The molecule has 3 rings (SSSR count). The summed E-state index contributed by atoms with van der Waals surface area (Å²) in [4.78, 5) is 43.3. The molecule has 0 unspecified atom stereocenters. The van der Waals surface area contributed by atoms with E-state index in [9.17, 15) is 14.4 Å². The molecule has 3 heterocycles. The standard InChI is InChI=1S/C19H28N4O3/c1-20(2)12-13-21-11-8-19(18(21)26)7-5-10-23(15-19)17(25)14-22-9-4-3-6-16(22)24/h3-4,6,9H,5,7-8,10-15H2,1-2H3/t19-/m0/s1. The van der Waals surface area contributed by atoms with Crippen LogP contribution < -0.4 is 5.56 Å². The van der Waals surface area contributed by atoms with E-state index in [1.54, 1.807) is 23.2 Å². The van der Waals surface area contributed by atoms with Crippen LogP contribution in [-0.4, -0.2) is 77.9 Å². The van der Waals surface area contributed by atoms with Gasteiger partial charge in [0.05, 0.1) is 5.41 Å². The highest BCUT2D eigenvalue weighted by molar-refractivity contribution is 5.86. The fourth-order valence-corrected chi connectivity index (χ4v) is 3.99. The number of nitrogens with zero attached hydrogens (tertiary/aromatic N) is 4. The number of hydrogen-bond donors (Lipinski definition) is 0. The summed E-state index contributed by atoms with van der Waals surface area (Å²) in [5.41, 5.74) is -0.610. The number of likely N-dealkylation sites (N-methyl/N-ethyl adjacent to an activating group) is 1. The highest BCUT2D eigenvalue weighted by Gasteiger charge is 2.49. The van der Waals surface area contributed by atoms with Crippen LogP contribution in [0.3, 0.4) is 0 Å². The first-order valence-corrected chi connectivity index (χ1v) is 9.29. The van der Waals surface area contributed by atoms with Gasteiger partial charge >= 0.3 is 0 Å².